The van der Waals surface area contributed by atoms with Crippen molar-refractivity contribution in [1.82, 2.24) is 14.5 Å². The number of rotatable bonds is 4. The topological polar surface area (TPSA) is 76.3 Å². The van der Waals surface area contributed by atoms with Gasteiger partial charge >= 0.3 is 6.18 Å². The standard InChI is InChI=1S/C22H22F3N3O3S/c1-14-5-10-19(15(2)12-14)32(29,30)28-11-3-4-17(13-28)21-27-26-20(31-21)16-6-8-18(9-7-16)22(23,24)25/h5-10,12,17H,3-4,11,13H2,1-2H3. The number of alkyl halides is 3. The maximum Gasteiger partial charge on any atom is 0.416 e. The molecule has 2 heterocycles. The van der Waals surface area contributed by atoms with E-state index in [1.165, 1.54) is 16.4 Å². The van der Waals surface area contributed by atoms with Crippen molar-refractivity contribution in [2.45, 2.75) is 43.7 Å². The van der Waals surface area contributed by atoms with Gasteiger partial charge in [0.25, 0.3) is 0 Å². The molecule has 0 bridgehead atoms. The first kappa shape index (κ1) is 22.5. The van der Waals surface area contributed by atoms with E-state index in [1.54, 1.807) is 19.1 Å². The number of benzene rings is 2. The molecule has 1 aliphatic heterocycles. The highest BCUT2D eigenvalue weighted by molar-refractivity contribution is 7.89. The Hall–Kier alpha value is -2.72. The van der Waals surface area contributed by atoms with Gasteiger partial charge in [-0.05, 0) is 62.6 Å². The van der Waals surface area contributed by atoms with E-state index in [0.717, 1.165) is 17.7 Å². The van der Waals surface area contributed by atoms with Crippen molar-refractivity contribution in [3.63, 3.8) is 0 Å². The van der Waals surface area contributed by atoms with Gasteiger partial charge in [0.2, 0.25) is 21.8 Å². The van der Waals surface area contributed by atoms with Gasteiger partial charge in [0.1, 0.15) is 0 Å². The van der Waals surface area contributed by atoms with Crippen molar-refractivity contribution in [2.24, 2.45) is 0 Å². The molecule has 1 unspecified atom stereocenters. The summed E-state index contributed by atoms with van der Waals surface area (Å²) < 4.78 is 71.8. The second-order valence-electron chi connectivity index (χ2n) is 7.99. The van der Waals surface area contributed by atoms with Crippen LogP contribution in [0.1, 0.15) is 41.3 Å². The summed E-state index contributed by atoms with van der Waals surface area (Å²) in [6.07, 6.45) is -3.12. The summed E-state index contributed by atoms with van der Waals surface area (Å²) in [5, 5.41) is 8.00. The molecule has 10 heteroatoms. The molecule has 0 saturated carbocycles. The fraction of sp³-hybridized carbons (Fsp3) is 0.364. The van der Waals surface area contributed by atoms with Crippen molar-refractivity contribution < 1.29 is 26.0 Å². The van der Waals surface area contributed by atoms with E-state index in [1.807, 2.05) is 13.0 Å². The average molecular weight is 465 g/mol. The molecule has 6 nitrogen and oxygen atoms in total. The summed E-state index contributed by atoms with van der Waals surface area (Å²) in [5.41, 5.74) is 1.28. The number of nitrogens with zero attached hydrogens (tertiary/aromatic N) is 3. The van der Waals surface area contributed by atoms with Crippen LogP contribution in [0.25, 0.3) is 11.5 Å². The molecule has 2 aromatic carbocycles. The Morgan fingerprint density at radius 3 is 2.44 bits per heavy atom. The number of piperidine rings is 1. The smallest absolute Gasteiger partial charge is 0.416 e. The highest BCUT2D eigenvalue weighted by Gasteiger charge is 2.34. The number of aryl methyl sites for hydroxylation is 2. The lowest BCUT2D eigenvalue weighted by molar-refractivity contribution is -0.137. The maximum absolute atomic E-state index is 13.2. The van der Waals surface area contributed by atoms with Crippen molar-refractivity contribution in [2.75, 3.05) is 13.1 Å². The van der Waals surface area contributed by atoms with Crippen LogP contribution in [0.2, 0.25) is 0 Å². The van der Waals surface area contributed by atoms with Crippen LogP contribution in [0.15, 0.2) is 51.8 Å². The Bertz CT molecular complexity index is 1220. The van der Waals surface area contributed by atoms with E-state index in [9.17, 15) is 21.6 Å². The van der Waals surface area contributed by atoms with Crippen LogP contribution in [0, 0.1) is 13.8 Å². The SMILES string of the molecule is Cc1ccc(S(=O)(=O)N2CCCC(c3nnc(-c4ccc(C(F)(F)F)cc4)o3)C2)c(C)c1. The average Bonchev–Trinajstić information content (AvgIpc) is 3.23. The van der Waals surface area contributed by atoms with Crippen molar-refractivity contribution in [1.29, 1.82) is 0 Å². The highest BCUT2D eigenvalue weighted by Crippen LogP contribution is 2.33. The van der Waals surface area contributed by atoms with Crippen LogP contribution in [0.4, 0.5) is 13.2 Å². The third-order valence-electron chi connectivity index (χ3n) is 5.58. The molecule has 0 spiro atoms. The monoisotopic (exact) mass is 465 g/mol. The van der Waals surface area contributed by atoms with Gasteiger partial charge in [0.15, 0.2) is 0 Å². The number of hydrogen-bond donors (Lipinski definition) is 0. The van der Waals surface area contributed by atoms with Crippen LogP contribution in [0.5, 0.6) is 0 Å². The lowest BCUT2D eigenvalue weighted by atomic mass is 10.00. The summed E-state index contributed by atoms with van der Waals surface area (Å²) in [6.45, 7) is 4.27. The molecular weight excluding hydrogens is 443 g/mol. The van der Waals surface area contributed by atoms with E-state index in [2.05, 4.69) is 10.2 Å². The Kier molecular flexibility index (Phi) is 5.85. The Morgan fingerprint density at radius 2 is 1.78 bits per heavy atom. The third-order valence-corrected chi connectivity index (χ3v) is 7.61. The Labute approximate surface area is 184 Å². The van der Waals surface area contributed by atoms with Crippen molar-refractivity contribution in [3.05, 3.63) is 65.0 Å². The molecule has 32 heavy (non-hydrogen) atoms. The van der Waals surface area contributed by atoms with Gasteiger partial charge in [-0.3, -0.25) is 0 Å². The molecule has 1 aliphatic rings. The second kappa shape index (κ2) is 8.32. The lowest BCUT2D eigenvalue weighted by Gasteiger charge is -2.30. The van der Waals surface area contributed by atoms with Gasteiger partial charge in [-0.2, -0.15) is 17.5 Å². The van der Waals surface area contributed by atoms with Gasteiger partial charge in [0, 0.05) is 18.7 Å². The number of aromatic nitrogens is 2. The lowest BCUT2D eigenvalue weighted by Crippen LogP contribution is -2.39. The molecule has 0 radical (unpaired) electrons. The Morgan fingerprint density at radius 1 is 1.06 bits per heavy atom. The molecule has 1 fully saturated rings. The third kappa shape index (κ3) is 4.42. The van der Waals surface area contributed by atoms with Crippen LogP contribution >= 0.6 is 0 Å². The van der Waals surface area contributed by atoms with E-state index < -0.39 is 21.8 Å². The summed E-state index contributed by atoms with van der Waals surface area (Å²) in [7, 11) is -3.68. The first-order valence-electron chi connectivity index (χ1n) is 10.1. The minimum absolute atomic E-state index is 0.100. The fourth-order valence-corrected chi connectivity index (χ4v) is 5.64. The normalized spacial score (nSPS) is 18.1. The first-order chi connectivity index (χ1) is 15.1. The van der Waals surface area contributed by atoms with Crippen molar-refractivity contribution in [3.8, 4) is 11.5 Å². The Balaban J connectivity index is 1.54. The quantitative estimate of drug-likeness (QED) is 0.546. The van der Waals surface area contributed by atoms with Crippen LogP contribution in [-0.4, -0.2) is 36.0 Å². The number of halogens is 3. The van der Waals surface area contributed by atoms with Crippen LogP contribution in [-0.2, 0) is 16.2 Å². The molecule has 0 aliphatic carbocycles. The largest absolute Gasteiger partial charge is 0.420 e. The minimum Gasteiger partial charge on any atom is -0.420 e. The summed E-state index contributed by atoms with van der Waals surface area (Å²) >= 11 is 0. The van der Waals surface area contributed by atoms with Gasteiger partial charge in [-0.25, -0.2) is 8.42 Å². The summed E-state index contributed by atoms with van der Waals surface area (Å²) in [5.74, 6) is 0.0866. The van der Waals surface area contributed by atoms with Gasteiger partial charge in [-0.15, -0.1) is 10.2 Å². The van der Waals surface area contributed by atoms with E-state index in [4.69, 9.17) is 4.42 Å². The van der Waals surface area contributed by atoms with Crippen molar-refractivity contribution >= 4 is 10.0 Å². The zero-order valence-corrected chi connectivity index (χ0v) is 18.4. The highest BCUT2D eigenvalue weighted by atomic mass is 32.2. The molecule has 1 atom stereocenters. The van der Waals surface area contributed by atoms with Gasteiger partial charge < -0.3 is 4.42 Å². The zero-order chi connectivity index (χ0) is 23.1. The molecule has 4 rings (SSSR count). The molecule has 1 saturated heterocycles. The predicted molar refractivity (Wildman–Crippen MR) is 111 cm³/mol. The van der Waals surface area contributed by atoms with Gasteiger partial charge in [0.05, 0.1) is 16.4 Å². The molecule has 3 aromatic rings. The van der Waals surface area contributed by atoms with E-state index in [0.29, 0.717) is 30.5 Å². The molecule has 170 valence electrons. The molecule has 0 amide bonds. The van der Waals surface area contributed by atoms with E-state index in [-0.39, 0.29) is 29.1 Å². The number of hydrogen-bond acceptors (Lipinski definition) is 5. The molecular formula is C22H22F3N3O3S. The molecule has 1 aromatic heterocycles. The summed E-state index contributed by atoms with van der Waals surface area (Å²) in [4.78, 5) is 0.278. The fourth-order valence-electron chi connectivity index (χ4n) is 3.91. The van der Waals surface area contributed by atoms with Crippen LogP contribution < -0.4 is 0 Å². The molecule has 0 N–H and O–H groups in total. The number of sulfonamides is 1. The first-order valence-corrected chi connectivity index (χ1v) is 11.6. The predicted octanol–water partition coefficient (Wildman–Crippen LogP) is 4.94. The maximum atomic E-state index is 13.2. The minimum atomic E-state index is -4.43. The van der Waals surface area contributed by atoms with Crippen LogP contribution in [0.3, 0.4) is 0 Å². The van der Waals surface area contributed by atoms with Gasteiger partial charge in [-0.1, -0.05) is 17.7 Å². The zero-order valence-electron chi connectivity index (χ0n) is 17.6. The second-order valence-corrected chi connectivity index (χ2v) is 9.90. The summed E-state index contributed by atoms with van der Waals surface area (Å²) in [6, 6.07) is 9.70. The van der Waals surface area contributed by atoms with E-state index >= 15 is 0 Å².